The van der Waals surface area contributed by atoms with Gasteiger partial charge in [-0.3, -0.25) is 0 Å². The smallest absolute Gasteiger partial charge is 0.152 e. The first-order chi connectivity index (χ1) is 11.6. The van der Waals surface area contributed by atoms with Gasteiger partial charge in [0.25, 0.3) is 0 Å². The molecule has 2 fully saturated rings. The molecule has 128 valence electrons. The summed E-state index contributed by atoms with van der Waals surface area (Å²) in [7, 11) is 0. The first-order valence-corrected chi connectivity index (χ1v) is 9.69. The third-order valence-corrected chi connectivity index (χ3v) is 6.07. The molecule has 0 radical (unpaired) electrons. The number of benzene rings is 1. The number of hydrogen-bond acceptors (Lipinski definition) is 3. The van der Waals surface area contributed by atoms with Gasteiger partial charge in [-0.1, -0.05) is 40.2 Å². The monoisotopic (exact) mass is 389 g/mol. The van der Waals surface area contributed by atoms with Gasteiger partial charge in [-0.25, -0.2) is 4.68 Å². The van der Waals surface area contributed by atoms with Crippen molar-refractivity contribution in [3.05, 3.63) is 45.7 Å². The number of ether oxygens (including phenoxy) is 1. The van der Waals surface area contributed by atoms with Gasteiger partial charge >= 0.3 is 0 Å². The molecule has 1 aliphatic heterocycles. The maximum absolute atomic E-state index is 5.92. The van der Waals surface area contributed by atoms with Gasteiger partial charge < -0.3 is 4.74 Å². The van der Waals surface area contributed by atoms with E-state index in [9.17, 15) is 0 Å². The predicted molar refractivity (Wildman–Crippen MR) is 96.9 cm³/mol. The molecule has 4 nitrogen and oxygen atoms in total. The van der Waals surface area contributed by atoms with Crippen molar-refractivity contribution in [1.82, 2.24) is 15.0 Å². The van der Waals surface area contributed by atoms with Gasteiger partial charge in [-0.2, -0.15) is 0 Å². The molecule has 0 N–H and O–H groups in total. The number of rotatable bonds is 3. The minimum absolute atomic E-state index is 0.000195. The van der Waals surface area contributed by atoms with E-state index in [-0.39, 0.29) is 11.6 Å². The van der Waals surface area contributed by atoms with Crippen LogP contribution in [0.3, 0.4) is 0 Å². The molecule has 4 rings (SSSR count). The Kier molecular flexibility index (Phi) is 4.25. The van der Waals surface area contributed by atoms with Crippen LogP contribution < -0.4 is 0 Å². The summed E-state index contributed by atoms with van der Waals surface area (Å²) >= 11 is 3.62. The molecule has 0 amide bonds. The lowest BCUT2D eigenvalue weighted by Gasteiger charge is -2.46. The van der Waals surface area contributed by atoms with Crippen molar-refractivity contribution >= 4 is 15.9 Å². The predicted octanol–water partition coefficient (Wildman–Crippen LogP) is 4.76. The fraction of sp³-hybridized carbons (Fsp3) is 0.579. The van der Waals surface area contributed by atoms with Crippen LogP contribution in [0.1, 0.15) is 62.2 Å². The Morgan fingerprint density at radius 1 is 1.29 bits per heavy atom. The molecule has 0 bridgehead atoms. The highest BCUT2D eigenvalue weighted by atomic mass is 79.9. The van der Waals surface area contributed by atoms with Gasteiger partial charge in [0.1, 0.15) is 0 Å². The SMILES string of the molecule is Cc1c(C2(c3cccc(Br)c3)CC(C)C2)nnn1C1CCCCO1. The third-order valence-electron chi connectivity index (χ3n) is 5.58. The zero-order valence-corrected chi connectivity index (χ0v) is 15.9. The number of aromatic nitrogens is 3. The summed E-state index contributed by atoms with van der Waals surface area (Å²) in [6.45, 7) is 5.30. The topological polar surface area (TPSA) is 39.9 Å². The Balaban J connectivity index is 1.74. The second-order valence-corrected chi connectivity index (χ2v) is 8.31. The molecule has 2 heterocycles. The zero-order chi connectivity index (χ0) is 16.7. The molecule has 1 atom stereocenters. The van der Waals surface area contributed by atoms with Crippen LogP contribution in [0.25, 0.3) is 0 Å². The molecule has 2 aromatic rings. The van der Waals surface area contributed by atoms with E-state index in [0.717, 1.165) is 54.1 Å². The van der Waals surface area contributed by atoms with Crippen molar-refractivity contribution in [2.24, 2.45) is 5.92 Å². The summed E-state index contributed by atoms with van der Waals surface area (Å²) in [6, 6.07) is 8.67. The standard InChI is InChI=1S/C19H24BrN3O/c1-13-11-19(12-13,15-6-5-7-16(20)10-15)18-14(2)23(22-21-18)17-8-3-4-9-24-17/h5-7,10,13,17H,3-4,8-9,11-12H2,1-2H3. The summed E-state index contributed by atoms with van der Waals surface area (Å²) in [5.74, 6) is 0.722. The summed E-state index contributed by atoms with van der Waals surface area (Å²) in [5, 5.41) is 9.13. The largest absolute Gasteiger partial charge is 0.356 e. The maximum Gasteiger partial charge on any atom is 0.152 e. The van der Waals surface area contributed by atoms with Crippen molar-refractivity contribution in [3.8, 4) is 0 Å². The third kappa shape index (κ3) is 2.62. The van der Waals surface area contributed by atoms with E-state index in [0.29, 0.717) is 0 Å². The van der Waals surface area contributed by atoms with E-state index in [2.05, 4.69) is 64.4 Å². The van der Waals surface area contributed by atoms with Crippen LogP contribution in [0.2, 0.25) is 0 Å². The van der Waals surface area contributed by atoms with Crippen LogP contribution in [0.15, 0.2) is 28.7 Å². The molecule has 1 aliphatic carbocycles. The van der Waals surface area contributed by atoms with Crippen LogP contribution in [0.5, 0.6) is 0 Å². The van der Waals surface area contributed by atoms with Crippen LogP contribution >= 0.6 is 15.9 Å². The molecule has 1 aromatic carbocycles. The van der Waals surface area contributed by atoms with Crippen LogP contribution in [-0.2, 0) is 10.2 Å². The van der Waals surface area contributed by atoms with Gasteiger partial charge in [-0.05, 0) is 62.6 Å². The summed E-state index contributed by atoms with van der Waals surface area (Å²) < 4.78 is 9.06. The van der Waals surface area contributed by atoms with Gasteiger partial charge in [0.05, 0.1) is 11.4 Å². The molecule has 5 heteroatoms. The van der Waals surface area contributed by atoms with Gasteiger partial charge in [0, 0.05) is 16.5 Å². The molecular formula is C19H24BrN3O. The van der Waals surface area contributed by atoms with E-state index in [1.54, 1.807) is 0 Å². The zero-order valence-electron chi connectivity index (χ0n) is 14.3. The van der Waals surface area contributed by atoms with Crippen LogP contribution in [0, 0.1) is 12.8 Å². The fourth-order valence-electron chi connectivity index (χ4n) is 4.45. The summed E-state index contributed by atoms with van der Waals surface area (Å²) in [6.07, 6.45) is 5.70. The summed E-state index contributed by atoms with van der Waals surface area (Å²) in [5.41, 5.74) is 3.64. The van der Waals surface area contributed by atoms with Crippen molar-refractivity contribution in [3.63, 3.8) is 0 Å². The average molecular weight is 390 g/mol. The van der Waals surface area contributed by atoms with Gasteiger partial charge in [0.15, 0.2) is 6.23 Å². The number of halogens is 1. The fourth-order valence-corrected chi connectivity index (χ4v) is 4.85. The highest BCUT2D eigenvalue weighted by Crippen LogP contribution is 2.52. The van der Waals surface area contributed by atoms with Crippen molar-refractivity contribution in [2.75, 3.05) is 6.61 Å². The number of nitrogens with zero attached hydrogens (tertiary/aromatic N) is 3. The summed E-state index contributed by atoms with van der Waals surface area (Å²) in [4.78, 5) is 0. The Hall–Kier alpha value is -1.20. The average Bonchev–Trinajstić information content (AvgIpc) is 2.94. The van der Waals surface area contributed by atoms with Gasteiger partial charge in [-0.15, -0.1) is 5.10 Å². The molecule has 2 aliphatic rings. The Labute approximate surface area is 151 Å². The molecular weight excluding hydrogens is 366 g/mol. The minimum atomic E-state index is 0.000195. The molecule has 0 spiro atoms. The lowest BCUT2D eigenvalue weighted by atomic mass is 9.57. The second kappa shape index (κ2) is 6.26. The van der Waals surface area contributed by atoms with Gasteiger partial charge in [0.2, 0.25) is 0 Å². The van der Waals surface area contributed by atoms with E-state index in [4.69, 9.17) is 4.74 Å². The quantitative estimate of drug-likeness (QED) is 0.759. The van der Waals surface area contributed by atoms with Crippen molar-refractivity contribution < 1.29 is 4.74 Å². The normalized spacial score (nSPS) is 30.1. The van der Waals surface area contributed by atoms with Crippen LogP contribution in [-0.4, -0.2) is 21.6 Å². The lowest BCUT2D eigenvalue weighted by Crippen LogP contribution is -2.42. The van der Waals surface area contributed by atoms with E-state index < -0.39 is 0 Å². The first kappa shape index (κ1) is 16.3. The van der Waals surface area contributed by atoms with Crippen LogP contribution in [0.4, 0.5) is 0 Å². The molecule has 1 saturated heterocycles. The van der Waals surface area contributed by atoms with E-state index >= 15 is 0 Å². The molecule has 24 heavy (non-hydrogen) atoms. The first-order valence-electron chi connectivity index (χ1n) is 8.90. The van der Waals surface area contributed by atoms with Crippen molar-refractivity contribution in [2.45, 2.75) is 57.6 Å². The molecule has 1 saturated carbocycles. The highest BCUT2D eigenvalue weighted by molar-refractivity contribution is 9.10. The Bertz CT molecular complexity index is 730. The maximum atomic E-state index is 5.92. The Morgan fingerprint density at radius 2 is 2.12 bits per heavy atom. The van der Waals surface area contributed by atoms with E-state index in [1.807, 2.05) is 4.68 Å². The molecule has 1 unspecified atom stereocenters. The lowest BCUT2D eigenvalue weighted by molar-refractivity contribution is -0.0417. The second-order valence-electron chi connectivity index (χ2n) is 7.40. The highest BCUT2D eigenvalue weighted by Gasteiger charge is 2.48. The Morgan fingerprint density at radius 3 is 2.79 bits per heavy atom. The van der Waals surface area contributed by atoms with E-state index in [1.165, 1.54) is 12.0 Å². The molecule has 1 aromatic heterocycles. The number of hydrogen-bond donors (Lipinski definition) is 0. The minimum Gasteiger partial charge on any atom is -0.356 e. The van der Waals surface area contributed by atoms with Crippen molar-refractivity contribution in [1.29, 1.82) is 0 Å².